The quantitative estimate of drug-likeness (QED) is 0.160. The maximum atomic E-state index is 9.28. The fourth-order valence-corrected chi connectivity index (χ4v) is 6.34. The van der Waals surface area contributed by atoms with Gasteiger partial charge in [0.25, 0.3) is 0 Å². The number of fused-ring (bicyclic) bond motifs is 1. The Kier molecular flexibility index (Phi) is 6.23. The van der Waals surface area contributed by atoms with Crippen LogP contribution in [0, 0.1) is 0 Å². The molecule has 9 aromatic rings. The second-order valence-electron chi connectivity index (χ2n) is 12.4. The molecule has 8 aromatic carbocycles. The highest BCUT2D eigenvalue weighted by Gasteiger charge is 2.14. The van der Waals surface area contributed by atoms with Gasteiger partial charge >= 0.3 is 0 Å². The van der Waals surface area contributed by atoms with Gasteiger partial charge in [-0.2, -0.15) is 0 Å². The molecule has 0 fully saturated rings. The third-order valence-electron chi connectivity index (χ3n) is 9.05. The third kappa shape index (κ3) is 6.30. The minimum atomic E-state index is -0.386. The molecule has 0 amide bonds. The number of para-hydroxylation sites is 1. The molecule has 0 radical (unpaired) electrons. The fourth-order valence-electron chi connectivity index (χ4n) is 6.34. The van der Waals surface area contributed by atoms with E-state index in [2.05, 4.69) is 12.1 Å². The number of rotatable bonds is 8. The van der Waals surface area contributed by atoms with Crippen LogP contribution in [0.25, 0.3) is 66.8 Å². The first-order valence-electron chi connectivity index (χ1n) is 21.0. The Labute approximate surface area is 315 Å². The van der Waals surface area contributed by atoms with Crippen molar-refractivity contribution in [3.63, 3.8) is 0 Å². The zero-order chi connectivity index (χ0) is 41.7. The summed E-state index contributed by atoms with van der Waals surface area (Å²) in [6, 6.07) is 48.3. The van der Waals surface area contributed by atoms with Crippen LogP contribution in [0.15, 0.2) is 217 Å². The van der Waals surface area contributed by atoms with E-state index in [1.165, 1.54) is 4.90 Å². The summed E-state index contributed by atoms with van der Waals surface area (Å²) in [5, 5.41) is 1.04. The van der Waals surface area contributed by atoms with E-state index in [1.54, 1.807) is 72.8 Å². The number of benzene rings is 8. The lowest BCUT2D eigenvalue weighted by atomic mass is 9.98. The Morgan fingerprint density at radius 2 is 0.769 bits per heavy atom. The molecule has 0 aliphatic carbocycles. The van der Waals surface area contributed by atoms with E-state index in [1.807, 2.05) is 78.9 Å². The summed E-state index contributed by atoms with van der Waals surface area (Å²) >= 11 is 0. The molecular formula is C50H35NO. The van der Waals surface area contributed by atoms with Crippen molar-refractivity contribution in [1.29, 1.82) is 0 Å². The Morgan fingerprint density at radius 1 is 0.327 bits per heavy atom. The van der Waals surface area contributed by atoms with E-state index in [9.17, 15) is 5.48 Å². The van der Waals surface area contributed by atoms with Gasteiger partial charge in [0.2, 0.25) is 0 Å². The van der Waals surface area contributed by atoms with Gasteiger partial charge < -0.3 is 9.32 Å². The van der Waals surface area contributed by atoms with Crippen LogP contribution < -0.4 is 4.90 Å². The minimum absolute atomic E-state index is 0.119. The zero-order valence-electron chi connectivity index (χ0n) is 35.9. The van der Waals surface area contributed by atoms with Crippen LogP contribution in [0.3, 0.4) is 0 Å². The van der Waals surface area contributed by atoms with Crippen LogP contribution in [-0.4, -0.2) is 0 Å². The molecule has 0 spiro atoms. The number of hydrogen-bond donors (Lipinski definition) is 0. The summed E-state index contributed by atoms with van der Waals surface area (Å²) in [4.78, 5) is 1.33. The Bertz CT molecular complexity index is 2860. The van der Waals surface area contributed by atoms with E-state index >= 15 is 0 Å². The highest BCUT2D eigenvalue weighted by atomic mass is 16.3. The third-order valence-corrected chi connectivity index (χ3v) is 9.05. The van der Waals surface area contributed by atoms with Crippen molar-refractivity contribution in [3.8, 4) is 55.8 Å². The van der Waals surface area contributed by atoms with Crippen molar-refractivity contribution in [1.82, 2.24) is 0 Å². The van der Waals surface area contributed by atoms with Gasteiger partial charge in [-0.05, 0) is 99.0 Å². The Morgan fingerprint density at radius 3 is 1.33 bits per heavy atom. The topological polar surface area (TPSA) is 16.4 Å². The lowest BCUT2D eigenvalue weighted by Crippen LogP contribution is -2.09. The molecule has 2 nitrogen and oxygen atoms in total. The zero-order valence-corrected chi connectivity index (χ0v) is 27.9. The predicted octanol–water partition coefficient (Wildman–Crippen LogP) is 14.2. The van der Waals surface area contributed by atoms with Crippen molar-refractivity contribution in [2.45, 2.75) is 0 Å². The summed E-state index contributed by atoms with van der Waals surface area (Å²) in [5.74, 6) is 0.795. The molecule has 246 valence electrons. The molecule has 0 bridgehead atoms. The first-order valence-corrected chi connectivity index (χ1v) is 17.0. The lowest BCUT2D eigenvalue weighted by molar-refractivity contribution is 0.631. The Balaban J connectivity index is 1.13. The summed E-state index contributed by atoms with van der Waals surface area (Å²) in [6.45, 7) is 0. The monoisotopic (exact) mass is 673 g/mol. The van der Waals surface area contributed by atoms with E-state index in [4.69, 9.17) is 9.90 Å². The molecule has 0 saturated heterocycles. The van der Waals surface area contributed by atoms with Crippen LogP contribution >= 0.6 is 0 Å². The van der Waals surface area contributed by atoms with E-state index in [0.29, 0.717) is 16.8 Å². The highest BCUT2D eigenvalue weighted by Crippen LogP contribution is 2.38. The van der Waals surface area contributed by atoms with Crippen LogP contribution in [-0.2, 0) is 0 Å². The predicted molar refractivity (Wildman–Crippen MR) is 218 cm³/mol. The molecule has 2 heteroatoms. The number of nitrogens with zero attached hydrogens (tertiary/aromatic N) is 1. The molecule has 1 aromatic heterocycles. The minimum Gasteiger partial charge on any atom is -0.456 e. The average molecular weight is 674 g/mol. The maximum absolute atomic E-state index is 9.28. The summed E-state index contributed by atoms with van der Waals surface area (Å²) in [7, 11) is 0. The molecule has 0 aliphatic rings. The van der Waals surface area contributed by atoms with Crippen molar-refractivity contribution in [2.75, 3.05) is 4.90 Å². The van der Waals surface area contributed by atoms with Crippen molar-refractivity contribution in [2.24, 2.45) is 0 Å². The van der Waals surface area contributed by atoms with Crippen LogP contribution in [0.5, 0.6) is 0 Å². The Hall–Kier alpha value is -6.90. The normalized spacial score (nSPS) is 13.2. The van der Waals surface area contributed by atoms with E-state index in [0.717, 1.165) is 44.5 Å². The first-order chi connectivity index (χ1) is 29.1. The van der Waals surface area contributed by atoms with Crippen molar-refractivity contribution in [3.05, 3.63) is 212 Å². The first kappa shape index (κ1) is 23.5. The lowest BCUT2D eigenvalue weighted by Gasteiger charge is -2.26. The molecule has 0 saturated carbocycles. The van der Waals surface area contributed by atoms with Gasteiger partial charge in [0.1, 0.15) is 11.3 Å². The molecular weight excluding hydrogens is 631 g/mol. The second-order valence-corrected chi connectivity index (χ2v) is 12.4. The molecule has 9 rings (SSSR count). The van der Waals surface area contributed by atoms with Crippen LogP contribution in [0.2, 0.25) is 0 Å². The van der Waals surface area contributed by atoms with Crippen LogP contribution in [0.4, 0.5) is 17.1 Å². The molecule has 0 N–H and O–H groups in total. The highest BCUT2D eigenvalue weighted by molar-refractivity contribution is 5.84. The maximum Gasteiger partial charge on any atom is 0.135 e. The van der Waals surface area contributed by atoms with Gasteiger partial charge in [0.15, 0.2) is 0 Å². The molecule has 52 heavy (non-hydrogen) atoms. The van der Waals surface area contributed by atoms with Gasteiger partial charge in [-0.15, -0.1) is 0 Å². The van der Waals surface area contributed by atoms with Crippen molar-refractivity contribution >= 4 is 28.0 Å². The van der Waals surface area contributed by atoms with Gasteiger partial charge in [-0.25, -0.2) is 0 Å². The van der Waals surface area contributed by atoms with Crippen molar-refractivity contribution < 1.29 is 15.4 Å². The smallest absolute Gasteiger partial charge is 0.135 e. The number of anilines is 3. The summed E-state index contributed by atoms with van der Waals surface area (Å²) in [5.41, 5.74) is 6.82. The number of furan rings is 1. The average Bonchev–Trinajstić information content (AvgIpc) is 3.73. The largest absolute Gasteiger partial charge is 0.456 e. The molecule has 0 aliphatic heterocycles. The van der Waals surface area contributed by atoms with Gasteiger partial charge in [-0.3, -0.25) is 0 Å². The standard InChI is InChI=1S/C50H35NO/c1-3-10-36(11-4-1)39-22-28-46(29-23-39)51(47-30-24-40(25-31-47)37-12-5-2-6-13-37)48-32-26-41(27-33-48)38-18-20-42(21-19-38)43-15-9-16-44(34-43)50-35-45-14-7-8-17-49(45)52-50/h1-35H/i22D,23D,24D,25D,28D,29D,30D,31D. The van der Waals surface area contributed by atoms with Gasteiger partial charge in [0, 0.05) is 28.0 Å². The molecule has 0 unspecified atom stereocenters. The second kappa shape index (κ2) is 13.8. The van der Waals surface area contributed by atoms with E-state index < -0.39 is 0 Å². The van der Waals surface area contributed by atoms with Gasteiger partial charge in [-0.1, -0.05) is 158 Å². The summed E-state index contributed by atoms with van der Waals surface area (Å²) in [6.07, 6.45) is 0. The summed E-state index contributed by atoms with van der Waals surface area (Å²) < 4.78 is 79.6. The van der Waals surface area contributed by atoms with Gasteiger partial charge in [0.05, 0.1) is 11.0 Å². The van der Waals surface area contributed by atoms with Crippen LogP contribution in [0.1, 0.15) is 11.0 Å². The van der Waals surface area contributed by atoms with E-state index in [-0.39, 0.29) is 70.8 Å². The fraction of sp³-hybridized carbons (Fsp3) is 0. The molecule has 1 heterocycles. The molecule has 0 atom stereocenters. The SMILES string of the molecule is [2H]c1c([2H])c(N(c2ccc(-c3ccc(-c4cccc(-c5cc6ccccc6o5)c4)cc3)cc2)c2c([2H])c([2H])c(-c3ccccc3)c([2H])c2[2H])c([2H])c([2H])c1-c1ccccc1. The number of hydrogen-bond acceptors (Lipinski definition) is 2.